The van der Waals surface area contributed by atoms with Gasteiger partial charge < -0.3 is 16.2 Å². The number of carboxylic acid groups (broad SMARTS) is 1. The quantitative estimate of drug-likeness (QED) is 0.403. The summed E-state index contributed by atoms with van der Waals surface area (Å²) in [5, 5.41) is 13.8. The number of carbonyl (C=O) groups excluding carboxylic acids is 1. The van der Waals surface area contributed by atoms with E-state index in [1.165, 1.54) is 11.8 Å². The lowest BCUT2D eigenvalue weighted by Gasteiger charge is -2.10. The molecule has 9 heteroatoms. The molecule has 3 rings (SSSR count). The average molecular weight is 459 g/mol. The molecule has 0 saturated carbocycles. The van der Waals surface area contributed by atoms with Crippen molar-refractivity contribution in [2.24, 2.45) is 0 Å². The van der Waals surface area contributed by atoms with Crippen molar-refractivity contribution in [3.05, 3.63) is 71.0 Å². The minimum Gasteiger partial charge on any atom is -0.465 e. The van der Waals surface area contributed by atoms with E-state index in [1.54, 1.807) is 54.7 Å². The Morgan fingerprint density at radius 3 is 2.32 bits per heavy atom. The molecule has 7 nitrogen and oxygen atoms in total. The normalized spacial score (nSPS) is 10.3. The van der Waals surface area contributed by atoms with Gasteiger partial charge >= 0.3 is 6.09 Å². The largest absolute Gasteiger partial charge is 0.465 e. The van der Waals surface area contributed by atoms with Crippen LogP contribution in [0.25, 0.3) is 0 Å². The van der Waals surface area contributed by atoms with E-state index in [9.17, 15) is 9.59 Å². The van der Waals surface area contributed by atoms with Gasteiger partial charge in [-0.25, -0.2) is 9.78 Å². The molecule has 1 heterocycles. The molecule has 0 saturated heterocycles. The third-order valence-electron chi connectivity index (χ3n) is 3.56. The first-order chi connectivity index (χ1) is 13.4. The number of nitrogens with two attached hydrogens (primary N) is 1. The summed E-state index contributed by atoms with van der Waals surface area (Å²) in [5.41, 5.74) is 7.99. The van der Waals surface area contributed by atoms with E-state index in [0.717, 1.165) is 14.3 Å². The molecule has 5 N–H and O–H groups in total. The molecule has 0 radical (unpaired) electrons. The summed E-state index contributed by atoms with van der Waals surface area (Å²) in [7, 11) is 0. The maximum absolute atomic E-state index is 12.2. The molecule has 1 aromatic heterocycles. The summed E-state index contributed by atoms with van der Waals surface area (Å²) in [4.78, 5) is 28.7. The summed E-state index contributed by atoms with van der Waals surface area (Å²) in [6.45, 7) is 0. The number of anilines is 3. The summed E-state index contributed by atoms with van der Waals surface area (Å²) in [5.74, 6) is -0.325. The summed E-state index contributed by atoms with van der Waals surface area (Å²) in [6, 6.07) is 15.6. The highest BCUT2D eigenvalue weighted by Crippen LogP contribution is 2.34. The number of halogens is 1. The van der Waals surface area contributed by atoms with E-state index in [0.29, 0.717) is 22.8 Å². The number of benzene rings is 2. The van der Waals surface area contributed by atoms with Crippen molar-refractivity contribution in [1.82, 2.24) is 4.98 Å². The van der Waals surface area contributed by atoms with Gasteiger partial charge in [0.25, 0.3) is 5.91 Å². The van der Waals surface area contributed by atoms with Crippen molar-refractivity contribution in [2.45, 2.75) is 9.79 Å². The fraction of sp³-hybridized carbons (Fsp3) is 0. The van der Waals surface area contributed by atoms with Crippen molar-refractivity contribution in [2.75, 3.05) is 16.4 Å². The number of nitrogen functional groups attached to an aromatic ring is 1. The Kier molecular flexibility index (Phi) is 6.17. The van der Waals surface area contributed by atoms with Gasteiger partial charge in [0.05, 0.1) is 0 Å². The standard InChI is InChI=1S/C19H15BrN4O3S/c20-11-1-7-16(22-10-11)18(25)23-13-4-8-17(15(21)9-13)28-14-5-2-12(3-6-14)24-19(26)27/h1-10,24H,21H2,(H,23,25)(H,26,27). The minimum atomic E-state index is -1.11. The number of amides is 2. The summed E-state index contributed by atoms with van der Waals surface area (Å²) < 4.78 is 0.793. The zero-order valence-electron chi connectivity index (χ0n) is 14.3. The van der Waals surface area contributed by atoms with Crippen molar-refractivity contribution in [3.63, 3.8) is 0 Å². The fourth-order valence-corrected chi connectivity index (χ4v) is 3.35. The maximum Gasteiger partial charge on any atom is 0.409 e. The van der Waals surface area contributed by atoms with Crippen LogP contribution in [0.4, 0.5) is 21.9 Å². The van der Waals surface area contributed by atoms with Gasteiger partial charge in [-0.15, -0.1) is 0 Å². The first-order valence-corrected chi connectivity index (χ1v) is 9.62. The number of hydrogen-bond acceptors (Lipinski definition) is 5. The molecule has 0 bridgehead atoms. The molecule has 3 aromatic rings. The van der Waals surface area contributed by atoms with E-state index >= 15 is 0 Å². The Hall–Kier alpha value is -3.04. The highest BCUT2D eigenvalue weighted by Gasteiger charge is 2.09. The van der Waals surface area contributed by atoms with Crippen LogP contribution in [0.2, 0.25) is 0 Å². The van der Waals surface area contributed by atoms with Crippen molar-refractivity contribution < 1.29 is 14.7 Å². The number of nitrogens with one attached hydrogen (secondary N) is 2. The van der Waals surface area contributed by atoms with Crippen molar-refractivity contribution >= 4 is 56.8 Å². The molecule has 0 fully saturated rings. The van der Waals surface area contributed by atoms with Gasteiger partial charge in [0.15, 0.2) is 0 Å². The predicted molar refractivity (Wildman–Crippen MR) is 113 cm³/mol. The average Bonchev–Trinajstić information content (AvgIpc) is 2.65. The number of pyridine rings is 1. The Balaban J connectivity index is 1.67. The predicted octanol–water partition coefficient (Wildman–Crippen LogP) is 4.92. The molecule has 0 aliphatic carbocycles. The number of carbonyl (C=O) groups is 2. The van der Waals surface area contributed by atoms with Gasteiger partial charge in [-0.2, -0.15) is 0 Å². The number of nitrogens with zero attached hydrogens (tertiary/aromatic N) is 1. The zero-order chi connectivity index (χ0) is 20.1. The van der Waals surface area contributed by atoms with Crippen LogP contribution in [0, 0.1) is 0 Å². The van der Waals surface area contributed by atoms with Crippen LogP contribution >= 0.6 is 27.7 Å². The van der Waals surface area contributed by atoms with Gasteiger partial charge in [-0.3, -0.25) is 10.1 Å². The van der Waals surface area contributed by atoms with E-state index in [2.05, 4.69) is 31.5 Å². The lowest BCUT2D eigenvalue weighted by Crippen LogP contribution is -2.13. The molecular formula is C19H15BrN4O3S. The minimum absolute atomic E-state index is 0.301. The molecular weight excluding hydrogens is 444 g/mol. The SMILES string of the molecule is Nc1cc(NC(=O)c2ccc(Br)cn2)ccc1Sc1ccc(NC(=O)O)cc1. The topological polar surface area (TPSA) is 117 Å². The van der Waals surface area contributed by atoms with Gasteiger partial charge in [0.2, 0.25) is 0 Å². The van der Waals surface area contributed by atoms with Crippen molar-refractivity contribution in [1.29, 1.82) is 0 Å². The van der Waals surface area contributed by atoms with Crippen molar-refractivity contribution in [3.8, 4) is 0 Å². The molecule has 2 amide bonds. The lowest BCUT2D eigenvalue weighted by atomic mass is 10.2. The second kappa shape index (κ2) is 8.77. The Labute approximate surface area is 173 Å². The van der Waals surface area contributed by atoms with Gasteiger partial charge in [0.1, 0.15) is 5.69 Å². The molecule has 142 valence electrons. The van der Waals surface area contributed by atoms with Gasteiger partial charge in [-0.1, -0.05) is 11.8 Å². The highest BCUT2D eigenvalue weighted by atomic mass is 79.9. The molecule has 0 aliphatic heterocycles. The number of rotatable bonds is 5. The van der Waals surface area contributed by atoms with Crippen LogP contribution in [0.15, 0.2) is 75.1 Å². The van der Waals surface area contributed by atoms with Crippen LogP contribution in [0.1, 0.15) is 10.5 Å². The Bertz CT molecular complexity index is 1010. The summed E-state index contributed by atoms with van der Waals surface area (Å²) in [6.07, 6.45) is 0.445. The molecule has 0 unspecified atom stereocenters. The second-order valence-corrected chi connectivity index (χ2v) is 7.66. The first kappa shape index (κ1) is 19.7. The van der Waals surface area contributed by atoms with E-state index in [1.807, 2.05) is 6.07 Å². The fourth-order valence-electron chi connectivity index (χ4n) is 2.28. The third kappa shape index (κ3) is 5.24. The Morgan fingerprint density at radius 2 is 1.71 bits per heavy atom. The number of aromatic nitrogens is 1. The molecule has 0 spiro atoms. The monoisotopic (exact) mass is 458 g/mol. The molecule has 28 heavy (non-hydrogen) atoms. The maximum atomic E-state index is 12.2. The van der Waals surface area contributed by atoms with Crippen LogP contribution in [-0.4, -0.2) is 22.1 Å². The zero-order valence-corrected chi connectivity index (χ0v) is 16.8. The van der Waals surface area contributed by atoms with E-state index < -0.39 is 6.09 Å². The summed E-state index contributed by atoms with van der Waals surface area (Å²) >= 11 is 4.71. The molecule has 2 aromatic carbocycles. The second-order valence-electron chi connectivity index (χ2n) is 5.62. The highest BCUT2D eigenvalue weighted by molar-refractivity contribution is 9.10. The smallest absolute Gasteiger partial charge is 0.409 e. The number of hydrogen-bond donors (Lipinski definition) is 4. The lowest BCUT2D eigenvalue weighted by molar-refractivity contribution is 0.102. The van der Waals surface area contributed by atoms with Crippen LogP contribution in [-0.2, 0) is 0 Å². The van der Waals surface area contributed by atoms with E-state index in [-0.39, 0.29) is 5.91 Å². The molecule has 0 atom stereocenters. The van der Waals surface area contributed by atoms with Crippen LogP contribution < -0.4 is 16.4 Å². The first-order valence-electron chi connectivity index (χ1n) is 8.01. The van der Waals surface area contributed by atoms with Crippen LogP contribution in [0.5, 0.6) is 0 Å². The molecule has 0 aliphatic rings. The van der Waals surface area contributed by atoms with E-state index in [4.69, 9.17) is 10.8 Å². The van der Waals surface area contributed by atoms with Crippen LogP contribution in [0.3, 0.4) is 0 Å². The van der Waals surface area contributed by atoms with Gasteiger partial charge in [-0.05, 0) is 70.5 Å². The van der Waals surface area contributed by atoms with Gasteiger partial charge in [0, 0.05) is 37.5 Å². The third-order valence-corrected chi connectivity index (χ3v) is 5.13. The Morgan fingerprint density at radius 1 is 1.00 bits per heavy atom.